The molecule has 0 saturated carbocycles. The van der Waals surface area contributed by atoms with Crippen LogP contribution in [0, 0.1) is 6.92 Å². The number of aryl methyl sites for hydroxylation is 1. The van der Waals surface area contributed by atoms with Gasteiger partial charge in [0, 0.05) is 12.5 Å². The van der Waals surface area contributed by atoms with Crippen LogP contribution in [-0.2, 0) is 0 Å². The summed E-state index contributed by atoms with van der Waals surface area (Å²) in [5.74, 6) is 0.451. The van der Waals surface area contributed by atoms with Crippen LogP contribution in [0.2, 0.25) is 0 Å². The molecule has 4 heterocycles. The highest BCUT2D eigenvalue weighted by atomic mass is 32.1. The van der Waals surface area contributed by atoms with Crippen molar-refractivity contribution >= 4 is 28.2 Å². The summed E-state index contributed by atoms with van der Waals surface area (Å²) < 4.78 is 52.9. The van der Waals surface area contributed by atoms with E-state index in [9.17, 15) is 18.0 Å². The number of ether oxygens (including phenoxy) is 2. The summed E-state index contributed by atoms with van der Waals surface area (Å²) in [5, 5.41) is 17.9. The van der Waals surface area contributed by atoms with E-state index in [2.05, 4.69) is 25.9 Å². The zero-order chi connectivity index (χ0) is 21.8. The average Bonchev–Trinajstić information content (AvgIpc) is 3.44. The van der Waals surface area contributed by atoms with Crippen molar-refractivity contribution in [3.05, 3.63) is 40.5 Å². The van der Waals surface area contributed by atoms with Crippen molar-refractivity contribution in [1.29, 1.82) is 0 Å². The first-order valence-electron chi connectivity index (χ1n) is 9.22. The minimum absolute atomic E-state index is 0.0709. The third-order valence-electron chi connectivity index (χ3n) is 4.97. The molecule has 2 aromatic heterocycles. The highest BCUT2D eigenvalue weighted by Crippen LogP contribution is 2.45. The lowest BCUT2D eigenvalue weighted by Gasteiger charge is -2.33. The Hall–Kier alpha value is -3.35. The van der Waals surface area contributed by atoms with Crippen molar-refractivity contribution in [2.24, 2.45) is 0 Å². The molecule has 2 aliphatic heterocycles. The van der Waals surface area contributed by atoms with E-state index in [-0.39, 0.29) is 29.9 Å². The van der Waals surface area contributed by atoms with Gasteiger partial charge in [0.15, 0.2) is 23.2 Å². The fourth-order valence-electron chi connectivity index (χ4n) is 3.54. The molecule has 0 spiro atoms. The second-order valence-corrected chi connectivity index (χ2v) is 8.22. The molecule has 13 heteroatoms. The Labute approximate surface area is 177 Å². The maximum Gasteiger partial charge on any atom is 0.410 e. The number of nitrogens with one attached hydrogen (secondary N) is 2. The van der Waals surface area contributed by atoms with E-state index in [1.54, 1.807) is 25.1 Å². The van der Waals surface area contributed by atoms with E-state index in [1.807, 2.05) is 0 Å². The van der Waals surface area contributed by atoms with Crippen LogP contribution in [0.15, 0.2) is 24.3 Å². The quantitative estimate of drug-likeness (QED) is 0.625. The Balaban J connectivity index is 1.45. The molecule has 0 aliphatic carbocycles. The van der Waals surface area contributed by atoms with Crippen LogP contribution in [0.3, 0.4) is 0 Å². The number of fused-ring (bicyclic) bond motifs is 2. The van der Waals surface area contributed by atoms with Gasteiger partial charge in [0.1, 0.15) is 10.8 Å². The van der Waals surface area contributed by atoms with Crippen LogP contribution in [0.1, 0.15) is 39.6 Å². The van der Waals surface area contributed by atoms with Crippen LogP contribution in [0.4, 0.5) is 24.1 Å². The van der Waals surface area contributed by atoms with E-state index in [0.717, 1.165) is 16.0 Å². The molecule has 2 unspecified atom stereocenters. The Morgan fingerprint density at radius 2 is 2.06 bits per heavy atom. The minimum Gasteiger partial charge on any atom is -0.454 e. The molecule has 2 aliphatic rings. The number of halogens is 3. The number of rotatable bonds is 3. The number of carbonyl (C=O) groups excluding carboxylic acids is 1. The zero-order valence-corrected chi connectivity index (χ0v) is 16.8. The molecule has 0 radical (unpaired) electrons. The van der Waals surface area contributed by atoms with Gasteiger partial charge in [-0.2, -0.15) is 18.3 Å². The summed E-state index contributed by atoms with van der Waals surface area (Å²) in [6.45, 7) is 1.79. The van der Waals surface area contributed by atoms with Crippen molar-refractivity contribution < 1.29 is 27.4 Å². The second-order valence-electron chi connectivity index (χ2n) is 7.04. The molecule has 31 heavy (non-hydrogen) atoms. The third-order valence-corrected chi connectivity index (χ3v) is 5.72. The maximum atomic E-state index is 13.8. The molecule has 0 saturated heterocycles. The summed E-state index contributed by atoms with van der Waals surface area (Å²) in [7, 11) is 0. The fourth-order valence-corrected chi connectivity index (χ4v) is 4.13. The molecule has 2 N–H and O–H groups in total. The summed E-state index contributed by atoms with van der Waals surface area (Å²) in [5.41, 5.74) is 0.456. The average molecular weight is 452 g/mol. The zero-order valence-electron chi connectivity index (χ0n) is 15.9. The molecule has 0 bridgehead atoms. The summed E-state index contributed by atoms with van der Waals surface area (Å²) in [6, 6.07) is 3.75. The number of hydrogen-bond donors (Lipinski definition) is 2. The van der Waals surface area contributed by atoms with E-state index in [4.69, 9.17) is 9.47 Å². The molecular formula is C18H15F3N6O3S. The highest BCUT2D eigenvalue weighted by Gasteiger charge is 2.47. The van der Waals surface area contributed by atoms with Crippen LogP contribution in [0.25, 0.3) is 0 Å². The van der Waals surface area contributed by atoms with Gasteiger partial charge in [-0.3, -0.25) is 10.1 Å². The topological polar surface area (TPSA) is 103 Å². The first-order chi connectivity index (χ1) is 14.8. The lowest BCUT2D eigenvalue weighted by atomic mass is 9.96. The van der Waals surface area contributed by atoms with E-state index >= 15 is 0 Å². The van der Waals surface area contributed by atoms with Crippen molar-refractivity contribution in [3.8, 4) is 11.5 Å². The summed E-state index contributed by atoms with van der Waals surface area (Å²) >= 11 is 1.15. The Kier molecular flexibility index (Phi) is 4.50. The molecule has 3 aromatic rings. The van der Waals surface area contributed by atoms with Crippen LogP contribution in [0.5, 0.6) is 11.5 Å². The van der Waals surface area contributed by atoms with E-state index in [0.29, 0.717) is 22.1 Å². The predicted octanol–water partition coefficient (Wildman–Crippen LogP) is 3.68. The van der Waals surface area contributed by atoms with Crippen molar-refractivity contribution in [3.63, 3.8) is 0 Å². The number of hydrogen-bond acceptors (Lipinski definition) is 8. The Morgan fingerprint density at radius 3 is 2.81 bits per heavy atom. The van der Waals surface area contributed by atoms with Crippen molar-refractivity contribution in [1.82, 2.24) is 20.0 Å². The summed E-state index contributed by atoms with van der Waals surface area (Å²) in [6.07, 6.45) is -4.85. The maximum absolute atomic E-state index is 13.8. The Bertz CT molecular complexity index is 1160. The number of alkyl halides is 3. The predicted molar refractivity (Wildman–Crippen MR) is 103 cm³/mol. The third kappa shape index (κ3) is 3.65. The van der Waals surface area contributed by atoms with Gasteiger partial charge >= 0.3 is 6.18 Å². The number of benzene rings is 1. The first kappa shape index (κ1) is 19.6. The smallest absolute Gasteiger partial charge is 0.410 e. The van der Waals surface area contributed by atoms with Gasteiger partial charge in [-0.25, -0.2) is 4.68 Å². The fraction of sp³-hybridized carbons (Fsp3) is 0.333. The molecule has 0 fully saturated rings. The van der Waals surface area contributed by atoms with Crippen molar-refractivity contribution in [2.75, 3.05) is 17.4 Å². The normalized spacial score (nSPS) is 19.6. The Morgan fingerprint density at radius 1 is 1.26 bits per heavy atom. The highest BCUT2D eigenvalue weighted by molar-refractivity contribution is 7.15. The second kappa shape index (κ2) is 7.11. The summed E-state index contributed by atoms with van der Waals surface area (Å²) in [4.78, 5) is 12.5. The number of amides is 1. The molecule has 9 nitrogen and oxygen atoms in total. The van der Waals surface area contributed by atoms with Crippen LogP contribution in [-0.4, -0.2) is 38.9 Å². The lowest BCUT2D eigenvalue weighted by Crippen LogP contribution is -2.35. The monoisotopic (exact) mass is 452 g/mol. The standard InChI is InChI=1S/C18H15F3N6O3S/c1-8-24-25-17(31-8)23-16(28)11-6-15-22-10(5-14(18(19,20)21)27(15)26-11)9-2-3-12-13(4-9)30-7-29-12/h2-4,6,10,14,22H,5,7H2,1H3,(H,23,25,28). The van der Waals surface area contributed by atoms with Gasteiger partial charge in [0.05, 0.1) is 6.04 Å². The van der Waals surface area contributed by atoms with Gasteiger partial charge in [-0.15, -0.1) is 10.2 Å². The van der Waals surface area contributed by atoms with Crippen LogP contribution < -0.4 is 20.1 Å². The number of anilines is 2. The van der Waals surface area contributed by atoms with E-state index in [1.165, 1.54) is 6.07 Å². The van der Waals surface area contributed by atoms with Crippen molar-refractivity contribution in [2.45, 2.75) is 31.6 Å². The SMILES string of the molecule is Cc1nnc(NC(=O)c2cc3n(n2)C(C(F)(F)F)CC(c2ccc4c(c2)OCO4)N3)s1. The molecule has 1 aromatic carbocycles. The lowest BCUT2D eigenvalue weighted by molar-refractivity contribution is -0.173. The van der Waals surface area contributed by atoms with Gasteiger partial charge in [0.2, 0.25) is 11.9 Å². The molecule has 162 valence electrons. The largest absolute Gasteiger partial charge is 0.454 e. The number of carbonyl (C=O) groups is 1. The van der Waals surface area contributed by atoms with Gasteiger partial charge in [-0.1, -0.05) is 17.4 Å². The number of aromatic nitrogens is 4. The molecule has 2 atom stereocenters. The molecule has 5 rings (SSSR count). The minimum atomic E-state index is -4.55. The van der Waals surface area contributed by atoms with Gasteiger partial charge in [0.25, 0.3) is 5.91 Å². The van der Waals surface area contributed by atoms with Crippen LogP contribution >= 0.6 is 11.3 Å². The van der Waals surface area contributed by atoms with E-state index < -0.39 is 24.2 Å². The van der Waals surface area contributed by atoms with Gasteiger partial charge < -0.3 is 14.8 Å². The number of nitrogens with zero attached hydrogens (tertiary/aromatic N) is 4. The van der Waals surface area contributed by atoms with Gasteiger partial charge in [-0.05, 0) is 24.6 Å². The molecule has 1 amide bonds. The first-order valence-corrected chi connectivity index (χ1v) is 10.0. The molecular weight excluding hydrogens is 437 g/mol.